The minimum atomic E-state index is -1.15. The fourth-order valence-electron chi connectivity index (χ4n) is 0.724. The summed E-state index contributed by atoms with van der Waals surface area (Å²) in [5, 5.41) is 17.5. The molecule has 4 heteroatoms. The Morgan fingerprint density at radius 3 is 2.73 bits per heavy atom. The van der Waals surface area contributed by atoms with Crippen molar-refractivity contribution in [2.24, 2.45) is 0 Å². The molecule has 0 aliphatic heterocycles. The van der Waals surface area contributed by atoms with Gasteiger partial charge in [-0.3, -0.25) is 4.98 Å². The van der Waals surface area contributed by atoms with E-state index >= 15 is 0 Å². The zero-order chi connectivity index (χ0) is 8.43. The third kappa shape index (κ3) is 1.46. The van der Waals surface area contributed by atoms with Crippen molar-refractivity contribution >= 4 is 5.97 Å². The van der Waals surface area contributed by atoms with E-state index in [4.69, 9.17) is 10.2 Å². The van der Waals surface area contributed by atoms with E-state index in [0.29, 0.717) is 5.69 Å². The minimum Gasteiger partial charge on any atom is -0.505 e. The van der Waals surface area contributed by atoms with Gasteiger partial charge in [-0.2, -0.15) is 0 Å². The molecule has 1 heterocycles. The molecule has 0 bridgehead atoms. The van der Waals surface area contributed by atoms with Crippen LogP contribution < -0.4 is 0 Å². The van der Waals surface area contributed by atoms with E-state index in [0.717, 1.165) is 6.20 Å². The first-order valence-corrected chi connectivity index (χ1v) is 3.00. The van der Waals surface area contributed by atoms with E-state index in [9.17, 15) is 4.79 Å². The molecule has 0 spiro atoms. The molecule has 0 radical (unpaired) electrons. The number of rotatable bonds is 1. The van der Waals surface area contributed by atoms with Crippen LogP contribution in [0.2, 0.25) is 0 Å². The lowest BCUT2D eigenvalue weighted by Crippen LogP contribution is -1.98. The third-order valence-electron chi connectivity index (χ3n) is 1.25. The van der Waals surface area contributed by atoms with Gasteiger partial charge in [-0.25, -0.2) is 4.79 Å². The van der Waals surface area contributed by atoms with E-state index in [1.807, 2.05) is 0 Å². The first-order chi connectivity index (χ1) is 5.11. The molecule has 1 aromatic rings. The molecular weight excluding hydrogens is 146 g/mol. The number of hydrogen-bond acceptors (Lipinski definition) is 3. The van der Waals surface area contributed by atoms with Crippen molar-refractivity contribution in [1.82, 2.24) is 4.98 Å². The highest BCUT2D eigenvalue weighted by Gasteiger charge is 2.08. The summed E-state index contributed by atoms with van der Waals surface area (Å²) in [6, 6.07) is 1.32. The van der Waals surface area contributed by atoms with Gasteiger partial charge in [-0.05, 0) is 13.0 Å². The van der Waals surface area contributed by atoms with Crippen LogP contribution in [0.3, 0.4) is 0 Å². The number of hydrogen-bond donors (Lipinski definition) is 2. The highest BCUT2D eigenvalue weighted by Crippen LogP contribution is 2.15. The minimum absolute atomic E-state index is 0.113. The van der Waals surface area contributed by atoms with Crippen LogP contribution in [0.5, 0.6) is 5.75 Å². The number of nitrogens with zero attached hydrogens (tertiary/aromatic N) is 1. The molecule has 0 saturated carbocycles. The molecule has 58 valence electrons. The van der Waals surface area contributed by atoms with E-state index < -0.39 is 5.97 Å². The molecular formula is C7H7NO3. The molecule has 1 aromatic heterocycles. The van der Waals surface area contributed by atoms with Crippen molar-refractivity contribution in [2.75, 3.05) is 0 Å². The molecule has 4 nitrogen and oxygen atoms in total. The SMILES string of the molecule is Cc1cc(C(=O)O)c(O)cn1. The van der Waals surface area contributed by atoms with Gasteiger partial charge >= 0.3 is 5.97 Å². The Labute approximate surface area is 63.1 Å². The van der Waals surface area contributed by atoms with Gasteiger partial charge in [0.05, 0.1) is 6.20 Å². The van der Waals surface area contributed by atoms with Crippen molar-refractivity contribution in [3.05, 3.63) is 23.5 Å². The van der Waals surface area contributed by atoms with Crippen LogP contribution in [0.25, 0.3) is 0 Å². The third-order valence-corrected chi connectivity index (χ3v) is 1.25. The Bertz CT molecular complexity index is 296. The zero-order valence-electron chi connectivity index (χ0n) is 5.90. The molecule has 0 aliphatic carbocycles. The topological polar surface area (TPSA) is 70.4 Å². The van der Waals surface area contributed by atoms with E-state index in [-0.39, 0.29) is 11.3 Å². The lowest BCUT2D eigenvalue weighted by molar-refractivity contribution is 0.0693. The second kappa shape index (κ2) is 2.57. The average Bonchev–Trinajstić information content (AvgIpc) is 1.94. The van der Waals surface area contributed by atoms with Gasteiger partial charge in [0.15, 0.2) is 0 Å². The predicted molar refractivity (Wildman–Crippen MR) is 37.6 cm³/mol. The summed E-state index contributed by atoms with van der Waals surface area (Å²) >= 11 is 0. The standard InChI is InChI=1S/C7H7NO3/c1-4-2-5(7(10)11)6(9)3-8-4/h2-3,9H,1H3,(H,10,11). The smallest absolute Gasteiger partial charge is 0.339 e. The van der Waals surface area contributed by atoms with E-state index in [1.165, 1.54) is 6.07 Å². The van der Waals surface area contributed by atoms with Crippen molar-refractivity contribution in [1.29, 1.82) is 0 Å². The lowest BCUT2D eigenvalue weighted by atomic mass is 10.2. The highest BCUT2D eigenvalue weighted by molar-refractivity contribution is 5.90. The highest BCUT2D eigenvalue weighted by atomic mass is 16.4. The monoisotopic (exact) mass is 153 g/mol. The van der Waals surface area contributed by atoms with Crippen molar-refractivity contribution in [2.45, 2.75) is 6.92 Å². The van der Waals surface area contributed by atoms with Crippen molar-refractivity contribution in [3.63, 3.8) is 0 Å². The summed E-state index contributed by atoms with van der Waals surface area (Å²) < 4.78 is 0. The summed E-state index contributed by atoms with van der Waals surface area (Å²) in [6.07, 6.45) is 1.12. The number of carboxylic acids is 1. The fourth-order valence-corrected chi connectivity index (χ4v) is 0.724. The molecule has 0 atom stereocenters. The summed E-state index contributed by atoms with van der Waals surface area (Å²) in [5.74, 6) is -1.45. The number of aromatic hydroxyl groups is 1. The molecule has 0 amide bonds. The van der Waals surface area contributed by atoms with Gasteiger partial charge in [0, 0.05) is 5.69 Å². The Morgan fingerprint density at radius 1 is 1.64 bits per heavy atom. The van der Waals surface area contributed by atoms with Crippen LogP contribution in [-0.2, 0) is 0 Å². The maximum Gasteiger partial charge on any atom is 0.339 e. The number of aromatic nitrogens is 1. The van der Waals surface area contributed by atoms with E-state index in [2.05, 4.69) is 4.98 Å². The van der Waals surface area contributed by atoms with Gasteiger partial charge in [0.2, 0.25) is 0 Å². The van der Waals surface area contributed by atoms with Crippen LogP contribution in [0.1, 0.15) is 16.1 Å². The lowest BCUT2D eigenvalue weighted by Gasteiger charge is -1.98. The fraction of sp³-hybridized carbons (Fsp3) is 0.143. The van der Waals surface area contributed by atoms with Crippen molar-refractivity contribution in [3.8, 4) is 5.75 Å². The van der Waals surface area contributed by atoms with Gasteiger partial charge in [0.1, 0.15) is 11.3 Å². The molecule has 1 rings (SSSR count). The quantitative estimate of drug-likeness (QED) is 0.625. The first-order valence-electron chi connectivity index (χ1n) is 3.00. The summed E-state index contributed by atoms with van der Waals surface area (Å²) in [6.45, 7) is 1.66. The maximum atomic E-state index is 10.4. The number of aromatic carboxylic acids is 1. The predicted octanol–water partition coefficient (Wildman–Crippen LogP) is 0.794. The first kappa shape index (κ1) is 7.53. The maximum absolute atomic E-state index is 10.4. The number of carbonyl (C=O) groups is 1. The van der Waals surface area contributed by atoms with Gasteiger partial charge in [-0.15, -0.1) is 0 Å². The second-order valence-electron chi connectivity index (χ2n) is 2.15. The summed E-state index contributed by atoms with van der Waals surface area (Å²) in [4.78, 5) is 14.1. The molecule has 2 N–H and O–H groups in total. The molecule has 0 aliphatic rings. The molecule has 0 unspecified atom stereocenters. The number of aryl methyl sites for hydroxylation is 1. The van der Waals surface area contributed by atoms with Crippen LogP contribution in [0.15, 0.2) is 12.3 Å². The van der Waals surface area contributed by atoms with Crippen LogP contribution in [0, 0.1) is 6.92 Å². The van der Waals surface area contributed by atoms with Crippen LogP contribution >= 0.6 is 0 Å². The van der Waals surface area contributed by atoms with E-state index in [1.54, 1.807) is 6.92 Å². The Kier molecular flexibility index (Phi) is 1.76. The van der Waals surface area contributed by atoms with Crippen LogP contribution in [-0.4, -0.2) is 21.2 Å². The molecule has 0 saturated heterocycles. The van der Waals surface area contributed by atoms with Gasteiger partial charge < -0.3 is 10.2 Å². The molecule has 0 aromatic carbocycles. The number of carboxylic acid groups (broad SMARTS) is 1. The Morgan fingerprint density at radius 2 is 2.27 bits per heavy atom. The Hall–Kier alpha value is -1.58. The summed E-state index contributed by atoms with van der Waals surface area (Å²) in [5.41, 5.74) is 0.456. The summed E-state index contributed by atoms with van der Waals surface area (Å²) in [7, 11) is 0. The van der Waals surface area contributed by atoms with Crippen LogP contribution in [0.4, 0.5) is 0 Å². The molecule has 0 fully saturated rings. The largest absolute Gasteiger partial charge is 0.505 e. The average molecular weight is 153 g/mol. The normalized spacial score (nSPS) is 9.55. The zero-order valence-corrected chi connectivity index (χ0v) is 5.90. The Balaban J connectivity index is 3.23. The number of pyridine rings is 1. The second-order valence-corrected chi connectivity index (χ2v) is 2.15. The van der Waals surface area contributed by atoms with Gasteiger partial charge in [0.25, 0.3) is 0 Å². The van der Waals surface area contributed by atoms with Gasteiger partial charge in [-0.1, -0.05) is 0 Å². The van der Waals surface area contributed by atoms with Crippen molar-refractivity contribution < 1.29 is 15.0 Å². The molecule has 11 heavy (non-hydrogen) atoms.